The van der Waals surface area contributed by atoms with Crippen molar-refractivity contribution in [2.75, 3.05) is 13.1 Å². The van der Waals surface area contributed by atoms with E-state index in [1.165, 1.54) is 6.42 Å². The highest BCUT2D eigenvalue weighted by atomic mass is 16.3. The Labute approximate surface area is 103 Å². The van der Waals surface area contributed by atoms with Crippen LogP contribution in [-0.2, 0) is 6.54 Å². The van der Waals surface area contributed by atoms with E-state index in [4.69, 9.17) is 0 Å². The van der Waals surface area contributed by atoms with Crippen molar-refractivity contribution < 1.29 is 5.11 Å². The third kappa shape index (κ3) is 2.97. The molecule has 1 aliphatic heterocycles. The van der Waals surface area contributed by atoms with E-state index < -0.39 is 0 Å². The lowest BCUT2D eigenvalue weighted by molar-refractivity contribution is 0.288. The van der Waals surface area contributed by atoms with Crippen LogP contribution in [0, 0.1) is 18.8 Å². The average Bonchev–Trinajstić information content (AvgIpc) is 2.72. The number of rotatable bonds is 3. The average molecular weight is 234 g/mol. The largest absolute Gasteiger partial charge is 0.506 e. The fourth-order valence-electron chi connectivity index (χ4n) is 2.48. The van der Waals surface area contributed by atoms with E-state index in [9.17, 15) is 5.11 Å². The van der Waals surface area contributed by atoms with Crippen molar-refractivity contribution >= 4 is 0 Å². The molecule has 1 saturated heterocycles. The number of nitrogens with zero attached hydrogens (tertiary/aromatic N) is 2. The summed E-state index contributed by atoms with van der Waals surface area (Å²) in [5, 5.41) is 9.78. The monoisotopic (exact) mass is 234 g/mol. The third-order valence-electron chi connectivity index (χ3n) is 3.71. The first kappa shape index (κ1) is 12.4. The lowest BCUT2D eigenvalue weighted by Crippen LogP contribution is -2.22. The van der Waals surface area contributed by atoms with E-state index in [1.54, 1.807) is 6.07 Å². The molecule has 1 atom stereocenters. The highest BCUT2D eigenvalue weighted by Gasteiger charge is 2.25. The first-order valence-corrected chi connectivity index (χ1v) is 6.44. The molecule has 1 aliphatic rings. The van der Waals surface area contributed by atoms with Crippen molar-refractivity contribution in [3.8, 4) is 5.75 Å². The maximum absolute atomic E-state index is 9.78. The molecule has 3 heteroatoms. The van der Waals surface area contributed by atoms with Crippen LogP contribution < -0.4 is 0 Å². The molecule has 1 unspecified atom stereocenters. The summed E-state index contributed by atoms with van der Waals surface area (Å²) < 4.78 is 0. The molecular weight excluding hydrogens is 212 g/mol. The number of aromatic nitrogens is 1. The molecule has 2 rings (SSSR count). The Bertz CT molecular complexity index is 390. The van der Waals surface area contributed by atoms with Gasteiger partial charge in [0.1, 0.15) is 5.75 Å². The summed E-state index contributed by atoms with van der Waals surface area (Å²) in [5.74, 6) is 1.87. The van der Waals surface area contributed by atoms with Crippen molar-refractivity contribution in [3.63, 3.8) is 0 Å². The van der Waals surface area contributed by atoms with Crippen LogP contribution in [0.3, 0.4) is 0 Å². The maximum atomic E-state index is 9.78. The van der Waals surface area contributed by atoms with Gasteiger partial charge in [-0.2, -0.15) is 0 Å². The summed E-state index contributed by atoms with van der Waals surface area (Å²) in [6, 6.07) is 3.59. The quantitative estimate of drug-likeness (QED) is 0.873. The Kier molecular flexibility index (Phi) is 3.67. The molecule has 0 aliphatic carbocycles. The van der Waals surface area contributed by atoms with Crippen LogP contribution >= 0.6 is 0 Å². The van der Waals surface area contributed by atoms with Crippen LogP contribution in [-0.4, -0.2) is 28.1 Å². The number of hydrogen-bond acceptors (Lipinski definition) is 3. The van der Waals surface area contributed by atoms with E-state index in [0.29, 0.717) is 5.75 Å². The zero-order valence-electron chi connectivity index (χ0n) is 11.0. The molecule has 0 saturated carbocycles. The molecule has 1 aromatic heterocycles. The summed E-state index contributed by atoms with van der Waals surface area (Å²) in [6.45, 7) is 9.57. The lowest BCUT2D eigenvalue weighted by atomic mass is 9.95. The molecule has 0 bridgehead atoms. The minimum Gasteiger partial charge on any atom is -0.506 e. The van der Waals surface area contributed by atoms with Crippen LogP contribution in [0.2, 0.25) is 0 Å². The Morgan fingerprint density at radius 3 is 2.88 bits per heavy atom. The van der Waals surface area contributed by atoms with Gasteiger partial charge in [0, 0.05) is 18.8 Å². The molecule has 17 heavy (non-hydrogen) atoms. The standard InChI is InChI=1S/C14H22N2O/c1-10(2)12-6-7-16(8-12)9-13-14(17)5-4-11(3)15-13/h4-5,10,12,17H,6-9H2,1-3H3. The second-order valence-electron chi connectivity index (χ2n) is 5.45. The molecule has 94 valence electrons. The highest BCUT2D eigenvalue weighted by Crippen LogP contribution is 2.26. The van der Waals surface area contributed by atoms with E-state index in [1.807, 2.05) is 13.0 Å². The summed E-state index contributed by atoms with van der Waals surface area (Å²) >= 11 is 0. The summed E-state index contributed by atoms with van der Waals surface area (Å²) in [7, 11) is 0. The molecular formula is C14H22N2O. The summed E-state index contributed by atoms with van der Waals surface area (Å²) in [5.41, 5.74) is 1.78. The molecule has 0 radical (unpaired) electrons. The smallest absolute Gasteiger partial charge is 0.138 e. The molecule has 0 spiro atoms. The van der Waals surface area contributed by atoms with Crippen LogP contribution in [0.1, 0.15) is 31.7 Å². The molecule has 0 aromatic carbocycles. The minimum absolute atomic E-state index is 0.323. The number of aromatic hydroxyl groups is 1. The van der Waals surface area contributed by atoms with Gasteiger partial charge < -0.3 is 5.11 Å². The van der Waals surface area contributed by atoms with Crippen molar-refractivity contribution in [2.24, 2.45) is 11.8 Å². The van der Waals surface area contributed by atoms with Gasteiger partial charge in [-0.3, -0.25) is 9.88 Å². The van der Waals surface area contributed by atoms with Crippen molar-refractivity contribution in [3.05, 3.63) is 23.5 Å². The predicted octanol–water partition coefficient (Wildman–Crippen LogP) is 2.57. The van der Waals surface area contributed by atoms with E-state index >= 15 is 0 Å². The number of hydrogen-bond donors (Lipinski definition) is 1. The molecule has 2 heterocycles. The van der Waals surface area contributed by atoms with Gasteiger partial charge in [0.05, 0.1) is 5.69 Å². The second kappa shape index (κ2) is 5.05. The van der Waals surface area contributed by atoms with Gasteiger partial charge in [-0.25, -0.2) is 0 Å². The van der Waals surface area contributed by atoms with E-state index in [2.05, 4.69) is 23.7 Å². The Morgan fingerprint density at radius 2 is 2.24 bits per heavy atom. The minimum atomic E-state index is 0.323. The fraction of sp³-hybridized carbons (Fsp3) is 0.643. The van der Waals surface area contributed by atoms with Gasteiger partial charge in [0.2, 0.25) is 0 Å². The zero-order valence-corrected chi connectivity index (χ0v) is 11.0. The van der Waals surface area contributed by atoms with Crippen molar-refractivity contribution in [1.29, 1.82) is 0 Å². The number of aryl methyl sites for hydroxylation is 1. The van der Waals surface area contributed by atoms with E-state index in [0.717, 1.165) is 42.9 Å². The van der Waals surface area contributed by atoms with Gasteiger partial charge in [0.25, 0.3) is 0 Å². The SMILES string of the molecule is Cc1ccc(O)c(CN2CCC(C(C)C)C2)n1. The van der Waals surface area contributed by atoms with E-state index in [-0.39, 0.29) is 0 Å². The summed E-state index contributed by atoms with van der Waals surface area (Å²) in [4.78, 5) is 6.81. The Morgan fingerprint density at radius 1 is 1.47 bits per heavy atom. The Hall–Kier alpha value is -1.09. The lowest BCUT2D eigenvalue weighted by Gasteiger charge is -2.18. The highest BCUT2D eigenvalue weighted by molar-refractivity contribution is 5.27. The van der Waals surface area contributed by atoms with Gasteiger partial charge in [-0.05, 0) is 43.9 Å². The first-order valence-electron chi connectivity index (χ1n) is 6.44. The van der Waals surface area contributed by atoms with Crippen LogP contribution in [0.25, 0.3) is 0 Å². The predicted molar refractivity (Wildman–Crippen MR) is 68.9 cm³/mol. The number of likely N-dealkylation sites (tertiary alicyclic amines) is 1. The molecule has 1 fully saturated rings. The topological polar surface area (TPSA) is 36.4 Å². The van der Waals surface area contributed by atoms with Crippen molar-refractivity contribution in [1.82, 2.24) is 9.88 Å². The Balaban J connectivity index is 2.00. The van der Waals surface area contributed by atoms with Gasteiger partial charge in [-0.1, -0.05) is 13.8 Å². The van der Waals surface area contributed by atoms with Gasteiger partial charge >= 0.3 is 0 Å². The van der Waals surface area contributed by atoms with Crippen molar-refractivity contribution in [2.45, 2.75) is 33.7 Å². The first-order chi connectivity index (χ1) is 8.06. The third-order valence-corrected chi connectivity index (χ3v) is 3.71. The maximum Gasteiger partial charge on any atom is 0.138 e. The van der Waals surface area contributed by atoms with Gasteiger partial charge in [-0.15, -0.1) is 0 Å². The van der Waals surface area contributed by atoms with Crippen LogP contribution in [0.4, 0.5) is 0 Å². The molecule has 3 nitrogen and oxygen atoms in total. The molecule has 1 aromatic rings. The fourth-order valence-corrected chi connectivity index (χ4v) is 2.48. The molecule has 1 N–H and O–H groups in total. The van der Waals surface area contributed by atoms with Gasteiger partial charge in [0.15, 0.2) is 0 Å². The zero-order chi connectivity index (χ0) is 12.4. The molecule has 0 amide bonds. The summed E-state index contributed by atoms with van der Waals surface area (Å²) in [6.07, 6.45) is 1.27. The van der Waals surface area contributed by atoms with Crippen LogP contribution in [0.15, 0.2) is 12.1 Å². The van der Waals surface area contributed by atoms with Crippen LogP contribution in [0.5, 0.6) is 5.75 Å². The number of pyridine rings is 1. The normalized spacial score (nSPS) is 21.3. The second-order valence-corrected chi connectivity index (χ2v) is 5.45.